The standard InChI is InChI=1S/C12H13N3O4/c1-2-14(6-5-12(16)17)10-3-4-11(15(18)19)9(7-10)8-13/h3-4,7H,2,5-6H2,1H3,(H,16,17). The largest absolute Gasteiger partial charge is 0.481 e. The maximum Gasteiger partial charge on any atom is 0.305 e. The van der Waals surface area contributed by atoms with Gasteiger partial charge in [0, 0.05) is 24.8 Å². The molecular weight excluding hydrogens is 250 g/mol. The van der Waals surface area contributed by atoms with Gasteiger partial charge in [0.2, 0.25) is 0 Å². The lowest BCUT2D eigenvalue weighted by atomic mass is 10.1. The number of nitro groups is 1. The van der Waals surface area contributed by atoms with Crippen molar-refractivity contribution in [3.05, 3.63) is 33.9 Å². The van der Waals surface area contributed by atoms with Crippen molar-refractivity contribution in [2.45, 2.75) is 13.3 Å². The van der Waals surface area contributed by atoms with E-state index in [4.69, 9.17) is 10.4 Å². The normalized spacial score (nSPS) is 9.68. The Morgan fingerprint density at radius 3 is 2.74 bits per heavy atom. The zero-order chi connectivity index (χ0) is 14.4. The average molecular weight is 263 g/mol. The number of benzene rings is 1. The van der Waals surface area contributed by atoms with Crippen molar-refractivity contribution < 1.29 is 14.8 Å². The zero-order valence-corrected chi connectivity index (χ0v) is 10.4. The molecule has 1 N–H and O–H groups in total. The highest BCUT2D eigenvalue weighted by Crippen LogP contribution is 2.24. The van der Waals surface area contributed by atoms with Crippen molar-refractivity contribution in [3.63, 3.8) is 0 Å². The highest BCUT2D eigenvalue weighted by molar-refractivity contribution is 5.68. The third kappa shape index (κ3) is 3.67. The number of carboxylic acids is 1. The van der Waals surface area contributed by atoms with Crippen molar-refractivity contribution in [2.24, 2.45) is 0 Å². The van der Waals surface area contributed by atoms with Crippen LogP contribution in [-0.4, -0.2) is 29.1 Å². The summed E-state index contributed by atoms with van der Waals surface area (Å²) >= 11 is 0. The number of nitriles is 1. The molecule has 0 fully saturated rings. The Kier molecular flexibility index (Phi) is 4.83. The summed E-state index contributed by atoms with van der Waals surface area (Å²) < 4.78 is 0. The van der Waals surface area contributed by atoms with Crippen molar-refractivity contribution in [3.8, 4) is 6.07 Å². The second kappa shape index (κ2) is 6.35. The molecule has 7 nitrogen and oxygen atoms in total. The fraction of sp³-hybridized carbons (Fsp3) is 0.333. The molecule has 1 rings (SSSR count). The SMILES string of the molecule is CCN(CCC(=O)O)c1ccc([N+](=O)[O-])c(C#N)c1. The molecule has 1 aromatic carbocycles. The first-order chi connectivity index (χ1) is 8.99. The summed E-state index contributed by atoms with van der Waals surface area (Å²) in [7, 11) is 0. The Morgan fingerprint density at radius 2 is 2.26 bits per heavy atom. The van der Waals surface area contributed by atoms with E-state index in [0.29, 0.717) is 12.2 Å². The second-order valence-corrected chi connectivity index (χ2v) is 3.79. The minimum atomic E-state index is -0.916. The van der Waals surface area contributed by atoms with Crippen molar-refractivity contribution in [2.75, 3.05) is 18.0 Å². The number of hydrogen-bond donors (Lipinski definition) is 1. The van der Waals surface area contributed by atoms with Crippen LogP contribution in [0.3, 0.4) is 0 Å². The molecule has 0 aliphatic rings. The molecule has 0 radical (unpaired) electrons. The van der Waals surface area contributed by atoms with Gasteiger partial charge in [0.05, 0.1) is 11.3 Å². The maximum absolute atomic E-state index is 10.7. The van der Waals surface area contributed by atoms with Crippen molar-refractivity contribution in [1.29, 1.82) is 5.26 Å². The van der Waals surface area contributed by atoms with E-state index in [1.807, 2.05) is 6.92 Å². The number of nitro benzene ring substituents is 1. The highest BCUT2D eigenvalue weighted by atomic mass is 16.6. The number of aliphatic carboxylic acids is 1. The number of nitrogens with zero attached hydrogens (tertiary/aromatic N) is 3. The summed E-state index contributed by atoms with van der Waals surface area (Å²) in [6.45, 7) is 2.68. The van der Waals surface area contributed by atoms with Crippen LogP contribution in [0, 0.1) is 21.4 Å². The first-order valence-corrected chi connectivity index (χ1v) is 5.64. The van der Waals surface area contributed by atoms with Crippen molar-refractivity contribution in [1.82, 2.24) is 0 Å². The highest BCUT2D eigenvalue weighted by Gasteiger charge is 2.16. The summed E-state index contributed by atoms with van der Waals surface area (Å²) in [5, 5.41) is 28.3. The maximum atomic E-state index is 10.7. The number of carboxylic acid groups (broad SMARTS) is 1. The summed E-state index contributed by atoms with van der Waals surface area (Å²) in [6, 6.07) is 5.96. The minimum Gasteiger partial charge on any atom is -0.481 e. The Bertz CT molecular complexity index is 536. The average Bonchev–Trinajstić information content (AvgIpc) is 2.38. The monoisotopic (exact) mass is 263 g/mol. The lowest BCUT2D eigenvalue weighted by Gasteiger charge is -2.22. The molecule has 0 aromatic heterocycles. The number of rotatable bonds is 6. The lowest BCUT2D eigenvalue weighted by molar-refractivity contribution is -0.385. The first-order valence-electron chi connectivity index (χ1n) is 5.64. The van der Waals surface area contributed by atoms with Gasteiger partial charge in [0.1, 0.15) is 11.6 Å². The smallest absolute Gasteiger partial charge is 0.305 e. The summed E-state index contributed by atoms with van der Waals surface area (Å²) in [4.78, 5) is 22.4. The van der Waals surface area contributed by atoms with Crippen LogP contribution in [0.2, 0.25) is 0 Å². The van der Waals surface area contributed by atoms with Crippen LogP contribution in [-0.2, 0) is 4.79 Å². The van der Waals surface area contributed by atoms with E-state index in [1.54, 1.807) is 11.0 Å². The molecule has 0 aliphatic heterocycles. The molecule has 0 saturated heterocycles. The summed E-state index contributed by atoms with van der Waals surface area (Å²) in [6.07, 6.45) is -0.0350. The van der Waals surface area contributed by atoms with Crippen LogP contribution in [0.1, 0.15) is 18.9 Å². The summed E-state index contributed by atoms with van der Waals surface area (Å²) in [5.41, 5.74) is 0.322. The molecule has 0 bridgehead atoms. The molecule has 0 aliphatic carbocycles. The van der Waals surface area contributed by atoms with Crippen LogP contribution in [0.4, 0.5) is 11.4 Å². The van der Waals surface area contributed by atoms with Gasteiger partial charge >= 0.3 is 5.97 Å². The van der Waals surface area contributed by atoms with E-state index in [2.05, 4.69) is 0 Å². The Morgan fingerprint density at radius 1 is 1.58 bits per heavy atom. The van der Waals surface area contributed by atoms with E-state index >= 15 is 0 Å². The fourth-order valence-corrected chi connectivity index (χ4v) is 1.67. The first kappa shape index (κ1) is 14.4. The third-order valence-electron chi connectivity index (χ3n) is 2.64. The second-order valence-electron chi connectivity index (χ2n) is 3.79. The van der Waals surface area contributed by atoms with Crippen molar-refractivity contribution >= 4 is 17.3 Å². The Balaban J connectivity index is 3.03. The van der Waals surface area contributed by atoms with E-state index in [1.165, 1.54) is 18.2 Å². The molecule has 0 heterocycles. The van der Waals surface area contributed by atoms with E-state index in [9.17, 15) is 14.9 Å². The minimum absolute atomic E-state index is 0.0312. The molecule has 19 heavy (non-hydrogen) atoms. The van der Waals surface area contributed by atoms with Crippen LogP contribution >= 0.6 is 0 Å². The predicted octanol–water partition coefficient (Wildman–Crippen LogP) is 1.77. The van der Waals surface area contributed by atoms with Crippen LogP contribution < -0.4 is 4.90 Å². The molecule has 0 unspecified atom stereocenters. The van der Waals surface area contributed by atoms with Gasteiger partial charge < -0.3 is 10.0 Å². The molecule has 0 saturated carbocycles. The van der Waals surface area contributed by atoms with Gasteiger partial charge in [0.25, 0.3) is 5.69 Å². The van der Waals surface area contributed by atoms with Gasteiger partial charge in [-0.1, -0.05) is 0 Å². The van der Waals surface area contributed by atoms with Gasteiger partial charge in [0.15, 0.2) is 0 Å². The zero-order valence-electron chi connectivity index (χ0n) is 10.4. The lowest BCUT2D eigenvalue weighted by Crippen LogP contribution is -2.25. The van der Waals surface area contributed by atoms with Gasteiger partial charge in [-0.05, 0) is 19.1 Å². The van der Waals surface area contributed by atoms with Gasteiger partial charge in [-0.2, -0.15) is 5.26 Å². The van der Waals surface area contributed by atoms with Gasteiger partial charge in [-0.3, -0.25) is 14.9 Å². The van der Waals surface area contributed by atoms with Crippen LogP contribution in [0.25, 0.3) is 0 Å². The fourth-order valence-electron chi connectivity index (χ4n) is 1.67. The molecule has 1 aromatic rings. The topological polar surface area (TPSA) is 107 Å². The van der Waals surface area contributed by atoms with Crippen LogP contribution in [0.15, 0.2) is 18.2 Å². The number of anilines is 1. The third-order valence-corrected chi connectivity index (χ3v) is 2.64. The number of carbonyl (C=O) groups is 1. The quantitative estimate of drug-likeness (QED) is 0.619. The van der Waals surface area contributed by atoms with E-state index in [0.717, 1.165) is 0 Å². The molecule has 0 spiro atoms. The molecule has 7 heteroatoms. The summed E-state index contributed by atoms with van der Waals surface area (Å²) in [5.74, 6) is -0.916. The molecule has 0 atom stereocenters. The van der Waals surface area contributed by atoms with Crippen LogP contribution in [0.5, 0.6) is 0 Å². The Labute approximate surface area is 109 Å². The van der Waals surface area contributed by atoms with E-state index in [-0.39, 0.29) is 24.2 Å². The van der Waals surface area contributed by atoms with Gasteiger partial charge in [-0.25, -0.2) is 0 Å². The molecular formula is C12H13N3O4. The molecule has 0 amide bonds. The van der Waals surface area contributed by atoms with E-state index < -0.39 is 10.9 Å². The Hall–Kier alpha value is -2.62. The predicted molar refractivity (Wildman–Crippen MR) is 68.0 cm³/mol. The number of hydrogen-bond acceptors (Lipinski definition) is 5. The van der Waals surface area contributed by atoms with Gasteiger partial charge in [-0.15, -0.1) is 0 Å². The molecule has 100 valence electrons.